The second-order valence-corrected chi connectivity index (χ2v) is 11.7. The molecule has 0 aromatic heterocycles. The Morgan fingerprint density at radius 1 is 0.761 bits per heavy atom. The highest BCUT2D eigenvalue weighted by Gasteiger charge is 2.32. The third kappa shape index (κ3) is 9.20. The van der Waals surface area contributed by atoms with E-state index in [0.29, 0.717) is 16.7 Å². The van der Waals surface area contributed by atoms with Gasteiger partial charge in [0.15, 0.2) is 0 Å². The second kappa shape index (κ2) is 14.3. The number of benzene rings is 4. The molecular weight excluding hydrogens is 597 g/mol. The van der Waals surface area contributed by atoms with Gasteiger partial charge in [0.2, 0.25) is 0 Å². The molecule has 240 valence electrons. The van der Waals surface area contributed by atoms with Gasteiger partial charge < -0.3 is 20.1 Å². The number of nitrogens with zero attached hydrogens (tertiary/aromatic N) is 1. The molecule has 2 amide bonds. The van der Waals surface area contributed by atoms with Crippen LogP contribution in [0.1, 0.15) is 42.3 Å². The van der Waals surface area contributed by atoms with E-state index in [-0.39, 0.29) is 25.1 Å². The first-order chi connectivity index (χ1) is 21.7. The minimum Gasteiger partial charge on any atom is -0.480 e. The number of hydrogen-bond donors (Lipinski definition) is 2. The molecule has 0 aliphatic carbocycles. The molecule has 0 heterocycles. The predicted octanol–water partition coefficient (Wildman–Crippen LogP) is 7.70. The van der Waals surface area contributed by atoms with Gasteiger partial charge in [-0.3, -0.25) is 4.79 Å². The Morgan fingerprint density at radius 2 is 1.26 bits per heavy atom. The van der Waals surface area contributed by atoms with Gasteiger partial charge in [0.05, 0.1) is 5.56 Å². The molecule has 4 aromatic rings. The van der Waals surface area contributed by atoms with E-state index in [1.54, 1.807) is 32.9 Å². The van der Waals surface area contributed by atoms with Crippen LogP contribution < -0.4 is 5.32 Å². The average molecular weight is 633 g/mol. The lowest BCUT2D eigenvalue weighted by Crippen LogP contribution is -2.49. The maximum Gasteiger partial charge on any atom is 0.416 e. The van der Waals surface area contributed by atoms with Crippen molar-refractivity contribution in [3.63, 3.8) is 0 Å². The molecule has 0 spiro atoms. The van der Waals surface area contributed by atoms with Crippen molar-refractivity contribution in [1.29, 1.82) is 0 Å². The number of alkyl carbamates (subject to hydrolysis) is 1. The summed E-state index contributed by atoms with van der Waals surface area (Å²) in [5.74, 6) is -1.81. The van der Waals surface area contributed by atoms with Gasteiger partial charge in [-0.1, -0.05) is 78.9 Å². The van der Waals surface area contributed by atoms with Gasteiger partial charge >= 0.3 is 18.2 Å². The zero-order valence-electron chi connectivity index (χ0n) is 25.7. The van der Waals surface area contributed by atoms with Crippen LogP contribution in [-0.4, -0.2) is 52.7 Å². The van der Waals surface area contributed by atoms with Crippen molar-refractivity contribution >= 4 is 18.0 Å². The largest absolute Gasteiger partial charge is 0.480 e. The summed E-state index contributed by atoms with van der Waals surface area (Å²) in [5, 5.41) is 12.9. The number of carboxylic acids is 1. The number of nitrogens with one attached hydrogen (secondary N) is 1. The minimum absolute atomic E-state index is 0.00617. The SMILES string of the molecule is CC(C)(C)OC(=O)NCCN(C(=O)c1ccc(-c2ccc(C(F)(F)F)cc2)cc1)[C@@H](Cc1ccc(-c2ccccc2)cc1)C(=O)O. The number of hydrogen-bond acceptors (Lipinski definition) is 4. The molecular formula is C36H35F3N2O5. The molecule has 10 heteroatoms. The van der Waals surface area contributed by atoms with E-state index in [4.69, 9.17) is 4.74 Å². The van der Waals surface area contributed by atoms with Crippen LogP contribution in [-0.2, 0) is 22.1 Å². The molecule has 0 bridgehead atoms. The lowest BCUT2D eigenvalue weighted by molar-refractivity contribution is -0.142. The van der Waals surface area contributed by atoms with Crippen LogP contribution >= 0.6 is 0 Å². The maximum absolute atomic E-state index is 13.8. The standard InChI is InChI=1S/C36H35F3N2O5/c1-35(2,3)46-34(45)40-21-22-41(31(33(43)44)23-24-9-11-26(12-10-24)25-7-5-4-6-8-25)32(42)29-15-13-27(14-16-29)28-17-19-30(20-18-28)36(37,38)39/h4-20,31H,21-23H2,1-3H3,(H,40,45)(H,43,44)/t31-/m0/s1. The van der Waals surface area contributed by atoms with E-state index < -0.39 is 41.4 Å². The summed E-state index contributed by atoms with van der Waals surface area (Å²) in [6.07, 6.45) is -5.16. The van der Waals surface area contributed by atoms with E-state index in [9.17, 15) is 32.7 Å². The van der Waals surface area contributed by atoms with Crippen molar-refractivity contribution in [2.24, 2.45) is 0 Å². The Bertz CT molecular complexity index is 1630. The van der Waals surface area contributed by atoms with Crippen molar-refractivity contribution in [2.75, 3.05) is 13.1 Å². The van der Waals surface area contributed by atoms with Crippen molar-refractivity contribution < 1.29 is 37.4 Å². The molecule has 1 atom stereocenters. The lowest BCUT2D eigenvalue weighted by Gasteiger charge is -2.30. The normalized spacial score (nSPS) is 12.2. The summed E-state index contributed by atoms with van der Waals surface area (Å²) < 4.78 is 44.2. The van der Waals surface area contributed by atoms with E-state index in [1.807, 2.05) is 54.6 Å². The maximum atomic E-state index is 13.8. The number of halogens is 3. The van der Waals surface area contributed by atoms with Gasteiger partial charge in [-0.2, -0.15) is 13.2 Å². The zero-order chi connectivity index (χ0) is 33.5. The lowest BCUT2D eigenvalue weighted by atomic mass is 9.99. The molecule has 4 aromatic carbocycles. The molecule has 0 saturated heterocycles. The number of ether oxygens (including phenoxy) is 1. The summed E-state index contributed by atoms with van der Waals surface area (Å²) >= 11 is 0. The first-order valence-electron chi connectivity index (χ1n) is 14.6. The first-order valence-corrected chi connectivity index (χ1v) is 14.6. The number of aliphatic carboxylic acids is 1. The Labute approximate surface area is 265 Å². The van der Waals surface area contributed by atoms with Crippen LogP contribution in [0, 0.1) is 0 Å². The summed E-state index contributed by atoms with van der Waals surface area (Å²) in [4.78, 5) is 39.9. The predicted molar refractivity (Wildman–Crippen MR) is 169 cm³/mol. The number of carbonyl (C=O) groups excluding carboxylic acids is 2. The van der Waals surface area contributed by atoms with E-state index in [0.717, 1.165) is 23.3 Å². The van der Waals surface area contributed by atoms with Gasteiger partial charge in [-0.15, -0.1) is 0 Å². The molecule has 4 rings (SSSR count). The van der Waals surface area contributed by atoms with Gasteiger partial charge in [-0.25, -0.2) is 9.59 Å². The summed E-state index contributed by atoms with van der Waals surface area (Å²) in [5.41, 5.74) is 2.43. The molecule has 0 saturated carbocycles. The molecule has 46 heavy (non-hydrogen) atoms. The number of alkyl halides is 3. The Balaban J connectivity index is 1.57. The van der Waals surface area contributed by atoms with Crippen LogP contribution in [0.3, 0.4) is 0 Å². The second-order valence-electron chi connectivity index (χ2n) is 11.7. The molecule has 0 unspecified atom stereocenters. The molecule has 7 nitrogen and oxygen atoms in total. The quantitative estimate of drug-likeness (QED) is 0.187. The highest BCUT2D eigenvalue weighted by Crippen LogP contribution is 2.31. The van der Waals surface area contributed by atoms with Gasteiger partial charge in [-0.05, 0) is 72.9 Å². The van der Waals surface area contributed by atoms with Crippen LogP contribution in [0.15, 0.2) is 103 Å². The van der Waals surface area contributed by atoms with Crippen molar-refractivity contribution in [3.8, 4) is 22.3 Å². The Kier molecular flexibility index (Phi) is 10.5. The number of carbonyl (C=O) groups is 3. The van der Waals surface area contributed by atoms with E-state index in [1.165, 1.54) is 29.2 Å². The molecule has 0 fully saturated rings. The Morgan fingerprint density at radius 3 is 1.76 bits per heavy atom. The fraction of sp³-hybridized carbons (Fsp3) is 0.250. The third-order valence-corrected chi connectivity index (χ3v) is 7.11. The molecule has 0 radical (unpaired) electrons. The summed E-state index contributed by atoms with van der Waals surface area (Å²) in [6.45, 7) is 4.93. The topological polar surface area (TPSA) is 95.9 Å². The van der Waals surface area contributed by atoms with Crippen molar-refractivity contribution in [2.45, 2.75) is 45.0 Å². The van der Waals surface area contributed by atoms with E-state index in [2.05, 4.69) is 5.32 Å². The van der Waals surface area contributed by atoms with Crippen molar-refractivity contribution in [1.82, 2.24) is 10.2 Å². The molecule has 0 aliphatic heterocycles. The van der Waals surface area contributed by atoms with Crippen LogP contribution in [0.5, 0.6) is 0 Å². The van der Waals surface area contributed by atoms with Crippen molar-refractivity contribution in [3.05, 3.63) is 120 Å². The van der Waals surface area contributed by atoms with Crippen LogP contribution in [0.25, 0.3) is 22.3 Å². The number of carboxylic acid groups (broad SMARTS) is 1. The van der Waals surface area contributed by atoms with Gasteiger partial charge in [0.1, 0.15) is 11.6 Å². The average Bonchev–Trinajstić information content (AvgIpc) is 3.01. The minimum atomic E-state index is -4.46. The summed E-state index contributed by atoms with van der Waals surface area (Å²) in [7, 11) is 0. The number of rotatable bonds is 10. The van der Waals surface area contributed by atoms with Crippen LogP contribution in [0.2, 0.25) is 0 Å². The highest BCUT2D eigenvalue weighted by atomic mass is 19.4. The fourth-order valence-corrected chi connectivity index (χ4v) is 4.83. The number of amides is 2. The van der Waals surface area contributed by atoms with E-state index >= 15 is 0 Å². The molecule has 2 N–H and O–H groups in total. The third-order valence-electron chi connectivity index (χ3n) is 7.11. The van der Waals surface area contributed by atoms with Gasteiger partial charge in [0.25, 0.3) is 5.91 Å². The monoisotopic (exact) mass is 632 g/mol. The first kappa shape index (κ1) is 33.8. The van der Waals surface area contributed by atoms with Crippen LogP contribution in [0.4, 0.5) is 18.0 Å². The molecule has 0 aliphatic rings. The fourth-order valence-electron chi connectivity index (χ4n) is 4.83. The zero-order valence-corrected chi connectivity index (χ0v) is 25.7. The van der Waals surface area contributed by atoms with Gasteiger partial charge in [0, 0.05) is 25.1 Å². The smallest absolute Gasteiger partial charge is 0.416 e. The Hall–Kier alpha value is -5.12. The highest BCUT2D eigenvalue weighted by molar-refractivity contribution is 5.97. The summed E-state index contributed by atoms with van der Waals surface area (Å²) in [6, 6.07) is 26.7.